The van der Waals surface area contributed by atoms with Gasteiger partial charge in [-0.3, -0.25) is 4.79 Å². The molecule has 0 spiro atoms. The van der Waals surface area contributed by atoms with Crippen molar-refractivity contribution in [1.82, 2.24) is 0 Å². The quantitative estimate of drug-likeness (QED) is 0.902. The fourth-order valence-electron chi connectivity index (χ4n) is 1.85. The predicted molar refractivity (Wildman–Crippen MR) is 77.0 cm³/mol. The number of hydrogen-bond donors (Lipinski definition) is 1. The molecule has 0 saturated heterocycles. The highest BCUT2D eigenvalue weighted by Crippen LogP contribution is 2.25. The van der Waals surface area contributed by atoms with Crippen molar-refractivity contribution >= 4 is 33.2 Å². The van der Waals surface area contributed by atoms with E-state index in [1.165, 1.54) is 0 Å². The number of carboxylic acid groups (broad SMARTS) is 1. The minimum absolute atomic E-state index is 0.363. The lowest BCUT2D eigenvalue weighted by Crippen LogP contribution is -2.18. The van der Waals surface area contributed by atoms with Crippen LogP contribution in [0.25, 0.3) is 0 Å². The first-order valence-electron chi connectivity index (χ1n) is 5.66. The lowest BCUT2D eigenvalue weighted by Gasteiger charge is -2.11. The van der Waals surface area contributed by atoms with Crippen molar-refractivity contribution in [3.8, 4) is 0 Å². The van der Waals surface area contributed by atoms with Crippen molar-refractivity contribution < 1.29 is 9.90 Å². The molecule has 1 aromatic heterocycles. The fraction of sp³-hybridized carbons (Fsp3) is 0.214. The molecule has 0 aliphatic rings. The van der Waals surface area contributed by atoms with Gasteiger partial charge in [-0.1, -0.05) is 30.3 Å². The average Bonchev–Trinajstić information content (AvgIpc) is 2.75. The molecule has 0 aliphatic heterocycles. The topological polar surface area (TPSA) is 37.3 Å². The van der Waals surface area contributed by atoms with E-state index < -0.39 is 5.97 Å². The Bertz CT molecular complexity index is 522. The van der Waals surface area contributed by atoms with E-state index in [0.717, 1.165) is 14.2 Å². The minimum atomic E-state index is -0.733. The zero-order chi connectivity index (χ0) is 13.0. The Hall–Kier alpha value is -1.13. The maximum Gasteiger partial charge on any atom is 0.307 e. The molecule has 0 amide bonds. The smallest absolute Gasteiger partial charge is 0.307 e. The Balaban J connectivity index is 2.07. The zero-order valence-electron chi connectivity index (χ0n) is 9.67. The average molecular weight is 325 g/mol. The second-order valence-electron chi connectivity index (χ2n) is 4.13. The van der Waals surface area contributed by atoms with Gasteiger partial charge in [0.15, 0.2) is 0 Å². The van der Waals surface area contributed by atoms with Gasteiger partial charge in [-0.15, -0.1) is 11.3 Å². The number of carboxylic acids is 1. The van der Waals surface area contributed by atoms with Crippen LogP contribution in [0.4, 0.5) is 0 Å². The lowest BCUT2D eigenvalue weighted by atomic mass is 9.96. The number of benzene rings is 1. The second-order valence-corrected chi connectivity index (χ2v) is 6.68. The molecule has 0 saturated carbocycles. The summed E-state index contributed by atoms with van der Waals surface area (Å²) in [6.07, 6.45) is 1.16. The van der Waals surface area contributed by atoms with E-state index in [9.17, 15) is 9.90 Å². The molecule has 2 nitrogen and oxygen atoms in total. The van der Waals surface area contributed by atoms with Crippen LogP contribution in [0.3, 0.4) is 0 Å². The highest BCUT2D eigenvalue weighted by atomic mass is 79.9. The zero-order valence-corrected chi connectivity index (χ0v) is 12.1. The van der Waals surface area contributed by atoms with Crippen molar-refractivity contribution in [2.45, 2.75) is 12.8 Å². The van der Waals surface area contributed by atoms with Gasteiger partial charge in [-0.25, -0.2) is 0 Å². The van der Waals surface area contributed by atoms with E-state index in [4.69, 9.17) is 0 Å². The molecule has 94 valence electrons. The molecule has 18 heavy (non-hydrogen) atoms. The van der Waals surface area contributed by atoms with Gasteiger partial charge < -0.3 is 5.11 Å². The van der Waals surface area contributed by atoms with E-state index in [1.807, 2.05) is 42.5 Å². The first kappa shape index (κ1) is 13.3. The SMILES string of the molecule is O=C(O)C(Cc1ccccc1)Cc1ccc(Br)s1. The van der Waals surface area contributed by atoms with Crippen molar-refractivity contribution in [2.75, 3.05) is 0 Å². The summed E-state index contributed by atoms with van der Waals surface area (Å²) in [5.74, 6) is -1.10. The molecule has 1 N–H and O–H groups in total. The van der Waals surface area contributed by atoms with E-state index in [1.54, 1.807) is 11.3 Å². The lowest BCUT2D eigenvalue weighted by molar-refractivity contribution is -0.141. The minimum Gasteiger partial charge on any atom is -0.481 e. The van der Waals surface area contributed by atoms with Crippen LogP contribution in [0, 0.1) is 5.92 Å². The van der Waals surface area contributed by atoms with E-state index in [2.05, 4.69) is 15.9 Å². The predicted octanol–water partition coefficient (Wildman–Crippen LogP) is 4.00. The highest BCUT2D eigenvalue weighted by Gasteiger charge is 2.19. The summed E-state index contributed by atoms with van der Waals surface area (Å²) >= 11 is 4.99. The molecule has 0 radical (unpaired) electrons. The molecule has 4 heteroatoms. The third-order valence-electron chi connectivity index (χ3n) is 2.75. The number of carbonyl (C=O) groups is 1. The molecule has 2 aromatic rings. The van der Waals surface area contributed by atoms with Gasteiger partial charge >= 0.3 is 5.97 Å². The van der Waals surface area contributed by atoms with Crippen LogP contribution >= 0.6 is 27.3 Å². The molecule has 1 aromatic carbocycles. The van der Waals surface area contributed by atoms with Crippen molar-refractivity contribution in [2.24, 2.45) is 5.92 Å². The van der Waals surface area contributed by atoms with Crippen molar-refractivity contribution in [3.63, 3.8) is 0 Å². The van der Waals surface area contributed by atoms with Crippen LogP contribution in [-0.2, 0) is 17.6 Å². The molecular formula is C14H13BrO2S. The van der Waals surface area contributed by atoms with Gasteiger partial charge in [0.05, 0.1) is 9.70 Å². The molecule has 0 fully saturated rings. The number of hydrogen-bond acceptors (Lipinski definition) is 2. The Labute approximate surface area is 118 Å². The summed E-state index contributed by atoms with van der Waals surface area (Å²) in [5, 5.41) is 9.30. The van der Waals surface area contributed by atoms with E-state index in [0.29, 0.717) is 12.8 Å². The Morgan fingerprint density at radius 3 is 2.44 bits per heavy atom. The third-order valence-corrected chi connectivity index (χ3v) is 4.40. The summed E-state index contributed by atoms with van der Waals surface area (Å²) in [6.45, 7) is 0. The molecule has 1 atom stereocenters. The molecule has 0 aliphatic carbocycles. The molecular weight excluding hydrogens is 312 g/mol. The summed E-state index contributed by atoms with van der Waals surface area (Å²) in [6, 6.07) is 13.7. The summed E-state index contributed by atoms with van der Waals surface area (Å²) < 4.78 is 1.04. The Morgan fingerprint density at radius 1 is 1.17 bits per heavy atom. The van der Waals surface area contributed by atoms with Crippen molar-refractivity contribution in [1.29, 1.82) is 0 Å². The van der Waals surface area contributed by atoms with Gasteiger partial charge in [0.1, 0.15) is 0 Å². The van der Waals surface area contributed by atoms with Gasteiger partial charge in [-0.2, -0.15) is 0 Å². The molecule has 1 unspecified atom stereocenters. The summed E-state index contributed by atoms with van der Waals surface area (Å²) in [4.78, 5) is 12.4. The van der Waals surface area contributed by atoms with Crippen LogP contribution in [0.2, 0.25) is 0 Å². The summed E-state index contributed by atoms with van der Waals surface area (Å²) in [5.41, 5.74) is 1.07. The van der Waals surface area contributed by atoms with Crippen LogP contribution in [0.5, 0.6) is 0 Å². The van der Waals surface area contributed by atoms with Gasteiger partial charge in [0.2, 0.25) is 0 Å². The Morgan fingerprint density at radius 2 is 1.89 bits per heavy atom. The fourth-order valence-corrected chi connectivity index (χ4v) is 3.41. The number of thiophene rings is 1. The second kappa shape index (κ2) is 6.16. The normalized spacial score (nSPS) is 12.3. The van der Waals surface area contributed by atoms with Crippen LogP contribution < -0.4 is 0 Å². The Kier molecular flexibility index (Phi) is 4.55. The van der Waals surface area contributed by atoms with E-state index >= 15 is 0 Å². The van der Waals surface area contributed by atoms with Gasteiger partial charge in [0, 0.05) is 4.88 Å². The largest absolute Gasteiger partial charge is 0.481 e. The molecule has 2 rings (SSSR count). The van der Waals surface area contributed by atoms with Gasteiger partial charge in [0.25, 0.3) is 0 Å². The highest BCUT2D eigenvalue weighted by molar-refractivity contribution is 9.11. The van der Waals surface area contributed by atoms with E-state index in [-0.39, 0.29) is 5.92 Å². The molecule has 1 heterocycles. The number of halogens is 1. The third kappa shape index (κ3) is 3.68. The van der Waals surface area contributed by atoms with Crippen molar-refractivity contribution in [3.05, 3.63) is 56.7 Å². The van der Waals surface area contributed by atoms with Gasteiger partial charge in [-0.05, 0) is 46.5 Å². The first-order chi connectivity index (χ1) is 8.65. The van der Waals surface area contributed by atoms with Crippen LogP contribution in [0.15, 0.2) is 46.3 Å². The molecule has 0 bridgehead atoms. The maximum atomic E-state index is 11.3. The standard InChI is InChI=1S/C14H13BrO2S/c15-13-7-6-12(18-13)9-11(14(16)17)8-10-4-2-1-3-5-10/h1-7,11H,8-9H2,(H,16,17). The van der Waals surface area contributed by atoms with Crippen LogP contribution in [-0.4, -0.2) is 11.1 Å². The monoisotopic (exact) mass is 324 g/mol. The number of aliphatic carboxylic acids is 1. The maximum absolute atomic E-state index is 11.3. The van der Waals surface area contributed by atoms with Crippen LogP contribution in [0.1, 0.15) is 10.4 Å². The first-order valence-corrected chi connectivity index (χ1v) is 7.27. The number of rotatable bonds is 5. The summed E-state index contributed by atoms with van der Waals surface area (Å²) in [7, 11) is 0.